The lowest BCUT2D eigenvalue weighted by atomic mass is 9.79. The fraction of sp³-hybridized carbons (Fsp3) is 0.444. The van der Waals surface area contributed by atoms with Crippen LogP contribution in [0.25, 0.3) is 11.5 Å². The maximum Gasteiger partial charge on any atom is 0.319 e. The second kappa shape index (κ2) is 8.49. The highest BCUT2D eigenvalue weighted by Crippen LogP contribution is 2.29. The average Bonchev–Trinajstić information content (AvgIpc) is 3.14. The van der Waals surface area contributed by atoms with Crippen LogP contribution in [0, 0.1) is 5.41 Å². The lowest BCUT2D eigenvalue weighted by molar-refractivity contribution is 0.165. The van der Waals surface area contributed by atoms with E-state index in [-0.39, 0.29) is 18.1 Å². The fourth-order valence-electron chi connectivity index (χ4n) is 2.68. The summed E-state index contributed by atoms with van der Waals surface area (Å²) in [7, 11) is 0. The predicted octanol–water partition coefficient (Wildman–Crippen LogP) is 3.65. The molecule has 1 aromatic heterocycles. The molecule has 2 rings (SSSR count). The Morgan fingerprint density at radius 3 is 2.50 bits per heavy atom. The minimum absolute atomic E-state index is 0.0547. The Morgan fingerprint density at radius 1 is 1.25 bits per heavy atom. The Morgan fingerprint density at radius 2 is 1.96 bits per heavy atom. The van der Waals surface area contributed by atoms with Crippen LogP contribution in [-0.2, 0) is 0 Å². The van der Waals surface area contributed by atoms with Gasteiger partial charge in [0, 0.05) is 24.4 Å². The summed E-state index contributed by atoms with van der Waals surface area (Å²) >= 11 is 0. The highest BCUT2D eigenvalue weighted by molar-refractivity contribution is 5.89. The molecule has 1 heterocycles. The van der Waals surface area contributed by atoms with Gasteiger partial charge in [-0.3, -0.25) is 0 Å². The standard InChI is InChI=1S/C18H25N3O3/c1-3-18(4-2,9-11-22)13-20-17(23)21-15-7-5-14(6-8-15)16-19-10-12-24-16/h5-8,10,12,22H,3-4,9,11,13H2,1-2H3,(H2,20,21,23). The average molecular weight is 331 g/mol. The molecule has 3 N–H and O–H groups in total. The van der Waals surface area contributed by atoms with Crippen LogP contribution in [-0.4, -0.2) is 29.3 Å². The van der Waals surface area contributed by atoms with Crippen LogP contribution in [0.1, 0.15) is 33.1 Å². The van der Waals surface area contributed by atoms with Gasteiger partial charge < -0.3 is 20.2 Å². The summed E-state index contributed by atoms with van der Waals surface area (Å²) in [4.78, 5) is 16.2. The van der Waals surface area contributed by atoms with Crippen molar-refractivity contribution in [1.29, 1.82) is 0 Å². The number of aromatic nitrogens is 1. The number of carbonyl (C=O) groups is 1. The summed E-state index contributed by atoms with van der Waals surface area (Å²) in [6.45, 7) is 4.84. The molecule has 2 amide bonds. The van der Waals surface area contributed by atoms with Gasteiger partial charge in [0.15, 0.2) is 0 Å². The molecule has 0 aliphatic heterocycles. The maximum absolute atomic E-state index is 12.1. The van der Waals surface area contributed by atoms with Crippen LogP contribution in [0.5, 0.6) is 0 Å². The summed E-state index contributed by atoms with van der Waals surface area (Å²) in [6.07, 6.45) is 5.62. The third-order valence-electron chi connectivity index (χ3n) is 4.59. The second-order valence-corrected chi connectivity index (χ2v) is 5.90. The van der Waals surface area contributed by atoms with E-state index < -0.39 is 0 Å². The smallest absolute Gasteiger partial charge is 0.319 e. The van der Waals surface area contributed by atoms with Crippen molar-refractivity contribution >= 4 is 11.7 Å². The molecule has 0 aliphatic rings. The van der Waals surface area contributed by atoms with E-state index in [0.717, 1.165) is 18.4 Å². The second-order valence-electron chi connectivity index (χ2n) is 5.90. The van der Waals surface area contributed by atoms with Gasteiger partial charge in [-0.1, -0.05) is 13.8 Å². The van der Waals surface area contributed by atoms with E-state index in [4.69, 9.17) is 4.42 Å². The first kappa shape index (κ1) is 18.0. The fourth-order valence-corrected chi connectivity index (χ4v) is 2.68. The first-order valence-corrected chi connectivity index (χ1v) is 8.28. The Bertz CT molecular complexity index is 619. The van der Waals surface area contributed by atoms with E-state index in [1.54, 1.807) is 18.3 Å². The van der Waals surface area contributed by atoms with Crippen LogP contribution in [0.4, 0.5) is 10.5 Å². The van der Waals surface area contributed by atoms with E-state index in [1.165, 1.54) is 6.26 Å². The van der Waals surface area contributed by atoms with Crippen molar-refractivity contribution in [2.75, 3.05) is 18.5 Å². The number of nitrogens with zero attached hydrogens (tertiary/aromatic N) is 1. The van der Waals surface area contributed by atoms with Crippen molar-refractivity contribution in [1.82, 2.24) is 10.3 Å². The minimum atomic E-state index is -0.247. The lowest BCUT2D eigenvalue weighted by Crippen LogP contribution is -2.39. The number of aliphatic hydroxyl groups is 1. The molecule has 0 unspecified atom stereocenters. The number of anilines is 1. The number of benzene rings is 1. The molecule has 0 saturated heterocycles. The van der Waals surface area contributed by atoms with E-state index in [1.807, 2.05) is 12.1 Å². The van der Waals surface area contributed by atoms with Crippen LogP contribution in [0.2, 0.25) is 0 Å². The Balaban J connectivity index is 1.90. The lowest BCUT2D eigenvalue weighted by Gasteiger charge is -2.31. The number of carbonyl (C=O) groups excluding carboxylic acids is 1. The van der Waals surface area contributed by atoms with Gasteiger partial charge in [0.2, 0.25) is 5.89 Å². The molecule has 0 saturated carbocycles. The first-order chi connectivity index (χ1) is 11.6. The summed E-state index contributed by atoms with van der Waals surface area (Å²) in [6, 6.07) is 7.05. The number of amides is 2. The number of hydrogen-bond donors (Lipinski definition) is 3. The monoisotopic (exact) mass is 331 g/mol. The molecule has 0 atom stereocenters. The summed E-state index contributed by atoms with van der Waals surface area (Å²) in [5, 5.41) is 15.0. The zero-order valence-electron chi connectivity index (χ0n) is 14.2. The van der Waals surface area contributed by atoms with Crippen molar-refractivity contribution < 1.29 is 14.3 Å². The topological polar surface area (TPSA) is 87.4 Å². The highest BCUT2D eigenvalue weighted by atomic mass is 16.3. The van der Waals surface area contributed by atoms with E-state index in [9.17, 15) is 9.90 Å². The number of rotatable bonds is 8. The van der Waals surface area contributed by atoms with E-state index in [0.29, 0.717) is 24.5 Å². The largest absolute Gasteiger partial charge is 0.445 e. The molecule has 0 bridgehead atoms. The Hall–Kier alpha value is -2.34. The van der Waals surface area contributed by atoms with Gasteiger partial charge in [0.25, 0.3) is 0 Å². The SMILES string of the molecule is CCC(CC)(CCO)CNC(=O)Nc1ccc(-c2ncco2)cc1. The van der Waals surface area contributed by atoms with Gasteiger partial charge >= 0.3 is 6.03 Å². The van der Waals surface area contributed by atoms with Crippen LogP contribution < -0.4 is 10.6 Å². The van der Waals surface area contributed by atoms with Crippen LogP contribution >= 0.6 is 0 Å². The molecule has 6 heteroatoms. The zero-order chi connectivity index (χ0) is 17.4. The molecular formula is C18H25N3O3. The number of hydrogen-bond acceptors (Lipinski definition) is 4. The van der Waals surface area contributed by atoms with Crippen molar-refractivity contribution in [2.45, 2.75) is 33.1 Å². The maximum atomic E-state index is 12.1. The summed E-state index contributed by atoms with van der Waals surface area (Å²) < 4.78 is 5.23. The summed E-state index contributed by atoms with van der Waals surface area (Å²) in [5.41, 5.74) is 1.49. The first-order valence-electron chi connectivity index (χ1n) is 8.28. The van der Waals surface area contributed by atoms with E-state index in [2.05, 4.69) is 29.5 Å². The molecule has 0 spiro atoms. The van der Waals surface area contributed by atoms with Gasteiger partial charge in [-0.15, -0.1) is 0 Å². The molecule has 130 valence electrons. The van der Waals surface area contributed by atoms with Crippen molar-refractivity contribution in [2.24, 2.45) is 5.41 Å². The quantitative estimate of drug-likeness (QED) is 0.689. The molecule has 24 heavy (non-hydrogen) atoms. The third kappa shape index (κ3) is 4.58. The number of aliphatic hydroxyl groups excluding tert-OH is 1. The van der Waals surface area contributed by atoms with E-state index >= 15 is 0 Å². The predicted molar refractivity (Wildman–Crippen MR) is 93.7 cm³/mol. The number of urea groups is 1. The molecule has 0 fully saturated rings. The van der Waals surface area contributed by atoms with Crippen molar-refractivity contribution in [3.05, 3.63) is 36.7 Å². The molecule has 0 aliphatic carbocycles. The van der Waals surface area contributed by atoms with Crippen LogP contribution in [0.3, 0.4) is 0 Å². The zero-order valence-corrected chi connectivity index (χ0v) is 14.2. The minimum Gasteiger partial charge on any atom is -0.445 e. The van der Waals surface area contributed by atoms with Crippen molar-refractivity contribution in [3.8, 4) is 11.5 Å². The van der Waals surface area contributed by atoms with Gasteiger partial charge in [0.05, 0.1) is 6.20 Å². The van der Waals surface area contributed by atoms with Crippen molar-refractivity contribution in [3.63, 3.8) is 0 Å². The molecule has 0 radical (unpaired) electrons. The number of oxazole rings is 1. The van der Waals surface area contributed by atoms with Gasteiger partial charge in [-0.05, 0) is 48.9 Å². The Labute approximate surface area is 142 Å². The molecule has 6 nitrogen and oxygen atoms in total. The normalized spacial score (nSPS) is 11.3. The third-order valence-corrected chi connectivity index (χ3v) is 4.59. The van der Waals surface area contributed by atoms with Gasteiger partial charge in [0.1, 0.15) is 6.26 Å². The summed E-state index contributed by atoms with van der Waals surface area (Å²) in [5.74, 6) is 0.547. The van der Waals surface area contributed by atoms with Gasteiger partial charge in [-0.2, -0.15) is 0 Å². The molecular weight excluding hydrogens is 306 g/mol. The van der Waals surface area contributed by atoms with Crippen LogP contribution in [0.15, 0.2) is 41.1 Å². The highest BCUT2D eigenvalue weighted by Gasteiger charge is 2.26. The number of nitrogens with one attached hydrogen (secondary N) is 2. The van der Waals surface area contributed by atoms with Gasteiger partial charge in [-0.25, -0.2) is 9.78 Å². The molecule has 1 aromatic carbocycles. The Kier molecular flexibility index (Phi) is 6.37. The molecule has 2 aromatic rings.